The lowest BCUT2D eigenvalue weighted by molar-refractivity contribution is 0.374. The fourth-order valence-electron chi connectivity index (χ4n) is 2.84. The van der Waals surface area contributed by atoms with Crippen molar-refractivity contribution >= 4 is 10.0 Å². The van der Waals surface area contributed by atoms with Gasteiger partial charge in [0, 0.05) is 26.2 Å². The van der Waals surface area contributed by atoms with Crippen LogP contribution in [-0.2, 0) is 10.0 Å². The average molecular weight is 361 g/mol. The monoisotopic (exact) mass is 360 g/mol. The van der Waals surface area contributed by atoms with Gasteiger partial charge in [-0.15, -0.1) is 0 Å². The van der Waals surface area contributed by atoms with Crippen LogP contribution in [0.3, 0.4) is 0 Å². The maximum absolute atomic E-state index is 12.2. The highest BCUT2D eigenvalue weighted by Gasteiger charge is 2.20. The smallest absolute Gasteiger partial charge is 0.242 e. The standard InChI is InChI=1S/C20H28N2O2S/c1-15(2)20(18-9-7-6-8-10-18)21-16(3)17-11-13-19(14-12-17)25(23,24)22(4)5/h6-16,20-21H,1-5H3/t16-,20-/m1/s1. The number of nitrogens with zero attached hydrogens (tertiary/aromatic N) is 1. The zero-order chi connectivity index (χ0) is 18.6. The SMILES string of the molecule is CC(C)[C@@H](N[C@H](C)c1ccc(S(=O)(=O)N(C)C)cc1)c1ccccc1. The number of nitrogens with one attached hydrogen (secondary N) is 1. The molecule has 1 N–H and O–H groups in total. The van der Waals surface area contributed by atoms with Crippen LogP contribution < -0.4 is 5.32 Å². The summed E-state index contributed by atoms with van der Waals surface area (Å²) in [4.78, 5) is 0.317. The molecule has 0 aliphatic carbocycles. The van der Waals surface area contributed by atoms with Crippen LogP contribution >= 0.6 is 0 Å². The van der Waals surface area contributed by atoms with Gasteiger partial charge in [0.25, 0.3) is 0 Å². The molecular formula is C20H28N2O2S. The highest BCUT2D eigenvalue weighted by Crippen LogP contribution is 2.26. The van der Waals surface area contributed by atoms with Gasteiger partial charge in [-0.3, -0.25) is 0 Å². The molecule has 0 aliphatic rings. The maximum Gasteiger partial charge on any atom is 0.242 e. The Morgan fingerprint density at radius 1 is 0.840 bits per heavy atom. The van der Waals surface area contributed by atoms with Crippen molar-refractivity contribution in [2.75, 3.05) is 14.1 Å². The van der Waals surface area contributed by atoms with E-state index in [1.807, 2.05) is 18.2 Å². The van der Waals surface area contributed by atoms with Gasteiger partial charge in [-0.25, -0.2) is 12.7 Å². The lowest BCUT2D eigenvalue weighted by atomic mass is 9.94. The summed E-state index contributed by atoms with van der Waals surface area (Å²) in [7, 11) is -0.302. The zero-order valence-electron chi connectivity index (χ0n) is 15.6. The van der Waals surface area contributed by atoms with Crippen molar-refractivity contribution in [3.63, 3.8) is 0 Å². The third kappa shape index (κ3) is 4.69. The molecule has 0 heterocycles. The molecule has 136 valence electrons. The molecule has 0 spiro atoms. The summed E-state index contributed by atoms with van der Waals surface area (Å²) in [6.07, 6.45) is 0. The Labute approximate surface area is 151 Å². The Hall–Kier alpha value is -1.69. The minimum atomic E-state index is -3.39. The van der Waals surface area contributed by atoms with Gasteiger partial charge in [-0.2, -0.15) is 0 Å². The van der Waals surface area contributed by atoms with Crippen LogP contribution in [0.25, 0.3) is 0 Å². The molecule has 0 aromatic heterocycles. The predicted octanol–water partition coefficient (Wildman–Crippen LogP) is 3.98. The highest BCUT2D eigenvalue weighted by atomic mass is 32.2. The van der Waals surface area contributed by atoms with Crippen LogP contribution in [0.15, 0.2) is 59.5 Å². The summed E-state index contributed by atoms with van der Waals surface area (Å²) in [6.45, 7) is 6.50. The second kappa shape index (κ2) is 8.13. The van der Waals surface area contributed by atoms with Gasteiger partial charge in [0.15, 0.2) is 0 Å². The lowest BCUT2D eigenvalue weighted by Gasteiger charge is -2.27. The minimum absolute atomic E-state index is 0.115. The van der Waals surface area contributed by atoms with Crippen molar-refractivity contribution in [3.8, 4) is 0 Å². The summed E-state index contributed by atoms with van der Waals surface area (Å²) in [6, 6.07) is 17.9. The van der Waals surface area contributed by atoms with E-state index >= 15 is 0 Å². The normalized spacial score (nSPS) is 14.7. The first kappa shape index (κ1) is 19.6. The molecule has 5 heteroatoms. The molecular weight excluding hydrogens is 332 g/mol. The van der Waals surface area contributed by atoms with E-state index in [-0.39, 0.29) is 12.1 Å². The Kier molecular flexibility index (Phi) is 6.38. The Morgan fingerprint density at radius 3 is 1.88 bits per heavy atom. The van der Waals surface area contributed by atoms with Crippen LogP contribution in [0.2, 0.25) is 0 Å². The third-order valence-corrected chi connectivity index (χ3v) is 6.24. The van der Waals surface area contributed by atoms with Crippen molar-refractivity contribution in [3.05, 3.63) is 65.7 Å². The molecule has 2 atom stereocenters. The zero-order valence-corrected chi connectivity index (χ0v) is 16.4. The van der Waals surface area contributed by atoms with E-state index in [0.717, 1.165) is 5.56 Å². The second-order valence-corrected chi connectivity index (χ2v) is 9.03. The summed E-state index contributed by atoms with van der Waals surface area (Å²) < 4.78 is 25.6. The van der Waals surface area contributed by atoms with Crippen LogP contribution in [0.4, 0.5) is 0 Å². The number of hydrogen-bond donors (Lipinski definition) is 1. The molecule has 25 heavy (non-hydrogen) atoms. The quantitative estimate of drug-likeness (QED) is 0.812. The number of rotatable bonds is 7. The molecule has 0 radical (unpaired) electrons. The number of hydrogen-bond acceptors (Lipinski definition) is 3. The molecule has 0 saturated heterocycles. The van der Waals surface area contributed by atoms with E-state index in [2.05, 4.69) is 50.4 Å². The van der Waals surface area contributed by atoms with E-state index in [9.17, 15) is 8.42 Å². The Balaban J connectivity index is 2.18. The summed E-state index contributed by atoms with van der Waals surface area (Å²) in [5.41, 5.74) is 2.33. The van der Waals surface area contributed by atoms with Gasteiger partial charge < -0.3 is 5.32 Å². The molecule has 0 saturated carbocycles. The minimum Gasteiger partial charge on any atom is -0.303 e. The molecule has 0 unspecified atom stereocenters. The van der Waals surface area contributed by atoms with E-state index in [1.54, 1.807) is 26.2 Å². The Morgan fingerprint density at radius 2 is 1.40 bits per heavy atom. The van der Waals surface area contributed by atoms with E-state index in [1.165, 1.54) is 9.87 Å². The first-order chi connectivity index (χ1) is 11.7. The van der Waals surface area contributed by atoms with Crippen molar-refractivity contribution in [2.24, 2.45) is 5.92 Å². The highest BCUT2D eigenvalue weighted by molar-refractivity contribution is 7.89. The van der Waals surface area contributed by atoms with E-state index in [0.29, 0.717) is 10.8 Å². The fraction of sp³-hybridized carbons (Fsp3) is 0.400. The van der Waals surface area contributed by atoms with Crippen LogP contribution in [0.1, 0.15) is 44.0 Å². The third-order valence-electron chi connectivity index (χ3n) is 4.41. The van der Waals surface area contributed by atoms with Gasteiger partial charge in [0.2, 0.25) is 10.0 Å². The molecule has 4 nitrogen and oxygen atoms in total. The number of sulfonamides is 1. The van der Waals surface area contributed by atoms with Crippen molar-refractivity contribution in [2.45, 2.75) is 37.8 Å². The average Bonchev–Trinajstić information content (AvgIpc) is 2.59. The molecule has 0 bridgehead atoms. The van der Waals surface area contributed by atoms with Crippen molar-refractivity contribution in [1.82, 2.24) is 9.62 Å². The predicted molar refractivity (Wildman–Crippen MR) is 103 cm³/mol. The fourth-order valence-corrected chi connectivity index (χ4v) is 3.74. The van der Waals surface area contributed by atoms with Crippen LogP contribution in [0, 0.1) is 5.92 Å². The largest absolute Gasteiger partial charge is 0.303 e. The van der Waals surface area contributed by atoms with Crippen molar-refractivity contribution < 1.29 is 8.42 Å². The van der Waals surface area contributed by atoms with Gasteiger partial charge in [0.1, 0.15) is 0 Å². The lowest BCUT2D eigenvalue weighted by Crippen LogP contribution is -2.28. The molecule has 2 aromatic rings. The molecule has 0 amide bonds. The molecule has 0 aliphatic heterocycles. The second-order valence-electron chi connectivity index (χ2n) is 6.88. The van der Waals surface area contributed by atoms with Gasteiger partial charge >= 0.3 is 0 Å². The summed E-state index contributed by atoms with van der Waals surface area (Å²) in [5.74, 6) is 0.443. The van der Waals surface area contributed by atoms with Crippen LogP contribution in [0.5, 0.6) is 0 Å². The first-order valence-electron chi connectivity index (χ1n) is 8.57. The molecule has 2 rings (SSSR count). The summed E-state index contributed by atoms with van der Waals surface area (Å²) >= 11 is 0. The maximum atomic E-state index is 12.2. The number of benzene rings is 2. The topological polar surface area (TPSA) is 49.4 Å². The molecule has 2 aromatic carbocycles. The van der Waals surface area contributed by atoms with E-state index in [4.69, 9.17) is 0 Å². The Bertz CT molecular complexity index is 769. The van der Waals surface area contributed by atoms with Gasteiger partial charge in [-0.1, -0.05) is 56.3 Å². The summed E-state index contributed by atoms with van der Waals surface area (Å²) in [5, 5.41) is 3.67. The van der Waals surface area contributed by atoms with Gasteiger partial charge in [0.05, 0.1) is 4.90 Å². The van der Waals surface area contributed by atoms with E-state index < -0.39 is 10.0 Å². The first-order valence-corrected chi connectivity index (χ1v) is 10.0. The molecule has 0 fully saturated rings. The van der Waals surface area contributed by atoms with Crippen molar-refractivity contribution in [1.29, 1.82) is 0 Å². The van der Waals surface area contributed by atoms with Gasteiger partial charge in [-0.05, 0) is 36.1 Å². The van der Waals surface area contributed by atoms with Crippen LogP contribution in [-0.4, -0.2) is 26.8 Å².